The molecule has 1 fully saturated rings. The summed E-state index contributed by atoms with van der Waals surface area (Å²) in [6, 6.07) is 11.5. The van der Waals surface area contributed by atoms with E-state index in [0.29, 0.717) is 36.9 Å². The Hall–Kier alpha value is -2.98. The maximum absolute atomic E-state index is 12.8. The Labute approximate surface area is 182 Å². The summed E-state index contributed by atoms with van der Waals surface area (Å²) in [4.78, 5) is 14.3. The summed E-state index contributed by atoms with van der Waals surface area (Å²) in [7, 11) is 1.03. The molecule has 0 bridgehead atoms. The molecule has 0 unspecified atom stereocenters. The zero-order valence-electron chi connectivity index (χ0n) is 17.8. The topological polar surface area (TPSA) is 97.4 Å². The van der Waals surface area contributed by atoms with Gasteiger partial charge in [0.2, 0.25) is 10.0 Å². The third-order valence-corrected chi connectivity index (χ3v) is 7.03. The summed E-state index contributed by atoms with van der Waals surface area (Å²) in [6.07, 6.45) is 0. The van der Waals surface area contributed by atoms with Gasteiger partial charge in [-0.15, -0.1) is 0 Å². The van der Waals surface area contributed by atoms with Gasteiger partial charge >= 0.3 is 6.03 Å². The Morgan fingerprint density at radius 1 is 0.903 bits per heavy atom. The van der Waals surface area contributed by atoms with Crippen molar-refractivity contribution in [3.63, 3.8) is 0 Å². The Morgan fingerprint density at radius 2 is 1.55 bits per heavy atom. The maximum Gasteiger partial charge on any atom is 0.317 e. The van der Waals surface area contributed by atoms with Gasteiger partial charge < -0.3 is 24.4 Å². The predicted octanol–water partition coefficient (Wildman–Crippen LogP) is 1.93. The van der Waals surface area contributed by atoms with Crippen LogP contribution in [-0.2, 0) is 16.6 Å². The first kappa shape index (κ1) is 22.7. The number of ether oxygens (including phenoxy) is 3. The number of piperazine rings is 1. The van der Waals surface area contributed by atoms with E-state index in [2.05, 4.69) is 5.32 Å². The van der Waals surface area contributed by atoms with Gasteiger partial charge in [-0.2, -0.15) is 4.31 Å². The monoisotopic (exact) mass is 449 g/mol. The second-order valence-electron chi connectivity index (χ2n) is 6.91. The van der Waals surface area contributed by atoms with E-state index in [1.54, 1.807) is 43.4 Å². The highest BCUT2D eigenvalue weighted by molar-refractivity contribution is 7.89. The highest BCUT2D eigenvalue weighted by Crippen LogP contribution is 2.27. The van der Waals surface area contributed by atoms with Gasteiger partial charge in [-0.1, -0.05) is 6.07 Å². The van der Waals surface area contributed by atoms with Crippen LogP contribution in [0, 0.1) is 0 Å². The molecule has 1 saturated heterocycles. The molecule has 0 aromatic heterocycles. The van der Waals surface area contributed by atoms with E-state index in [4.69, 9.17) is 14.2 Å². The first-order valence-corrected chi connectivity index (χ1v) is 11.2. The first-order valence-electron chi connectivity index (χ1n) is 9.77. The van der Waals surface area contributed by atoms with E-state index in [1.807, 2.05) is 6.07 Å². The fraction of sp³-hybridized carbons (Fsp3) is 0.381. The fourth-order valence-electron chi connectivity index (χ4n) is 3.31. The van der Waals surface area contributed by atoms with Crippen molar-refractivity contribution in [1.82, 2.24) is 14.5 Å². The normalized spacial score (nSPS) is 14.7. The lowest BCUT2D eigenvalue weighted by molar-refractivity contribution is 0.172. The average Bonchev–Trinajstić information content (AvgIpc) is 2.82. The van der Waals surface area contributed by atoms with Crippen LogP contribution in [0.5, 0.6) is 17.2 Å². The number of hydrogen-bond acceptors (Lipinski definition) is 6. The van der Waals surface area contributed by atoms with Crippen molar-refractivity contribution in [3.05, 3.63) is 48.0 Å². The molecular weight excluding hydrogens is 422 g/mol. The lowest BCUT2D eigenvalue weighted by Crippen LogP contribution is -2.52. The summed E-state index contributed by atoms with van der Waals surface area (Å²) in [6.45, 7) is 1.42. The average molecular weight is 450 g/mol. The van der Waals surface area contributed by atoms with E-state index >= 15 is 0 Å². The minimum Gasteiger partial charge on any atom is -0.497 e. The molecule has 1 aliphatic rings. The molecule has 0 radical (unpaired) electrons. The molecule has 0 spiro atoms. The molecule has 1 aliphatic heterocycles. The minimum absolute atomic E-state index is 0.208. The van der Waals surface area contributed by atoms with Crippen LogP contribution in [0.4, 0.5) is 4.79 Å². The van der Waals surface area contributed by atoms with Gasteiger partial charge in [-0.05, 0) is 42.0 Å². The first-order chi connectivity index (χ1) is 14.9. The van der Waals surface area contributed by atoms with E-state index in [0.717, 1.165) is 5.56 Å². The number of hydrogen-bond donors (Lipinski definition) is 1. The van der Waals surface area contributed by atoms with Crippen molar-refractivity contribution in [2.75, 3.05) is 47.5 Å². The van der Waals surface area contributed by atoms with E-state index < -0.39 is 10.0 Å². The number of rotatable bonds is 7. The Morgan fingerprint density at radius 3 is 2.13 bits per heavy atom. The number of carbonyl (C=O) groups excluding carboxylic acids is 1. The van der Waals surface area contributed by atoms with Crippen molar-refractivity contribution in [2.24, 2.45) is 0 Å². The number of benzene rings is 2. The standard InChI is InChI=1S/C21H27N3O6S/c1-28-17-5-7-18(8-6-17)31(26,27)24-12-10-23(11-13-24)21(25)22-15-16-4-9-19(29-2)20(14-16)30-3/h4-9,14H,10-13,15H2,1-3H3,(H,22,25). The number of amides is 2. The second kappa shape index (κ2) is 9.88. The second-order valence-corrected chi connectivity index (χ2v) is 8.85. The van der Waals surface area contributed by atoms with Crippen LogP contribution < -0.4 is 19.5 Å². The summed E-state index contributed by atoms with van der Waals surface area (Å²) < 4.78 is 42.6. The van der Waals surface area contributed by atoms with Crippen molar-refractivity contribution < 1.29 is 27.4 Å². The van der Waals surface area contributed by atoms with Crippen LogP contribution in [0.2, 0.25) is 0 Å². The van der Waals surface area contributed by atoms with Gasteiger partial charge in [0.05, 0.1) is 26.2 Å². The van der Waals surface area contributed by atoms with Crippen molar-refractivity contribution >= 4 is 16.1 Å². The van der Waals surface area contributed by atoms with E-state index in [9.17, 15) is 13.2 Å². The van der Waals surface area contributed by atoms with E-state index in [-0.39, 0.29) is 24.0 Å². The smallest absolute Gasteiger partial charge is 0.317 e. The molecule has 10 heteroatoms. The zero-order valence-corrected chi connectivity index (χ0v) is 18.6. The molecule has 9 nitrogen and oxygen atoms in total. The molecule has 1 heterocycles. The molecule has 0 saturated carbocycles. The van der Waals surface area contributed by atoms with Crippen LogP contribution in [-0.4, -0.2) is 71.2 Å². The Balaban J connectivity index is 1.54. The quantitative estimate of drug-likeness (QED) is 0.694. The number of nitrogens with one attached hydrogen (secondary N) is 1. The van der Waals surface area contributed by atoms with E-state index in [1.165, 1.54) is 23.5 Å². The lowest BCUT2D eigenvalue weighted by atomic mass is 10.2. The van der Waals surface area contributed by atoms with Crippen LogP contribution in [0.1, 0.15) is 5.56 Å². The maximum atomic E-state index is 12.8. The third kappa shape index (κ3) is 5.20. The molecule has 0 aliphatic carbocycles. The van der Waals surface area contributed by atoms with Crippen molar-refractivity contribution in [1.29, 1.82) is 0 Å². The molecule has 31 heavy (non-hydrogen) atoms. The molecule has 168 valence electrons. The highest BCUT2D eigenvalue weighted by Gasteiger charge is 2.30. The van der Waals surface area contributed by atoms with Gasteiger partial charge in [-0.3, -0.25) is 0 Å². The Kier molecular flexibility index (Phi) is 7.24. The van der Waals surface area contributed by atoms with Crippen molar-refractivity contribution in [3.8, 4) is 17.2 Å². The summed E-state index contributed by atoms with van der Waals surface area (Å²) >= 11 is 0. The van der Waals surface area contributed by atoms with Gasteiger partial charge in [0, 0.05) is 32.7 Å². The Bertz CT molecular complexity index is 1000. The van der Waals surface area contributed by atoms with Gasteiger partial charge in [0.1, 0.15) is 5.75 Å². The number of methoxy groups -OCH3 is 3. The van der Waals surface area contributed by atoms with Gasteiger partial charge in [-0.25, -0.2) is 13.2 Å². The number of nitrogens with zero attached hydrogens (tertiary/aromatic N) is 2. The van der Waals surface area contributed by atoms with Crippen LogP contribution in [0.25, 0.3) is 0 Å². The fourth-order valence-corrected chi connectivity index (χ4v) is 4.73. The number of urea groups is 1. The number of sulfonamides is 1. The number of carbonyl (C=O) groups is 1. The van der Waals surface area contributed by atoms with Crippen molar-refractivity contribution in [2.45, 2.75) is 11.4 Å². The molecule has 3 rings (SSSR count). The molecular formula is C21H27N3O6S. The lowest BCUT2D eigenvalue weighted by Gasteiger charge is -2.34. The molecule has 2 aromatic carbocycles. The molecule has 1 N–H and O–H groups in total. The molecule has 0 atom stereocenters. The third-order valence-electron chi connectivity index (χ3n) is 5.11. The van der Waals surface area contributed by atoms with Crippen LogP contribution >= 0.6 is 0 Å². The highest BCUT2D eigenvalue weighted by atomic mass is 32.2. The summed E-state index contributed by atoms with van der Waals surface area (Å²) in [5.74, 6) is 1.80. The minimum atomic E-state index is -3.61. The molecule has 2 amide bonds. The largest absolute Gasteiger partial charge is 0.497 e. The van der Waals surface area contributed by atoms with Gasteiger partial charge in [0.15, 0.2) is 11.5 Å². The molecule has 2 aromatic rings. The SMILES string of the molecule is COc1ccc(S(=O)(=O)N2CCN(C(=O)NCc3ccc(OC)c(OC)c3)CC2)cc1. The zero-order chi connectivity index (χ0) is 22.4. The predicted molar refractivity (Wildman–Crippen MR) is 115 cm³/mol. The van der Waals surface area contributed by atoms with Crippen LogP contribution in [0.3, 0.4) is 0 Å². The summed E-state index contributed by atoms with van der Waals surface area (Å²) in [5, 5.41) is 2.86. The van der Waals surface area contributed by atoms with Gasteiger partial charge in [0.25, 0.3) is 0 Å². The van der Waals surface area contributed by atoms with Crippen LogP contribution in [0.15, 0.2) is 47.4 Å². The summed E-state index contributed by atoms with van der Waals surface area (Å²) in [5.41, 5.74) is 0.867.